The minimum atomic E-state index is 1.04. The van der Waals surface area contributed by atoms with Gasteiger partial charge in [-0.25, -0.2) is 0 Å². The average Bonchev–Trinajstić information content (AvgIpc) is 1.99. The molecule has 10 heavy (non-hydrogen) atoms. The Hall–Kier alpha value is -0.780. The third kappa shape index (κ3) is 4.13. The van der Waals surface area contributed by atoms with Crippen molar-refractivity contribution in [1.29, 1.82) is 0 Å². The molecule has 0 atom stereocenters. The Morgan fingerprint density at radius 1 is 1.40 bits per heavy atom. The fourth-order valence-corrected chi connectivity index (χ4v) is 0.604. The van der Waals surface area contributed by atoms with Gasteiger partial charge in [0.1, 0.15) is 0 Å². The Balaban J connectivity index is 3.55. The predicted octanol–water partition coefficient (Wildman–Crippen LogP) is 3.48. The molecule has 0 radical (unpaired) electrons. The lowest BCUT2D eigenvalue weighted by molar-refractivity contribution is 0.946. The third-order valence-electron chi connectivity index (χ3n) is 1.62. The van der Waals surface area contributed by atoms with E-state index in [1.807, 2.05) is 6.08 Å². The van der Waals surface area contributed by atoms with Crippen molar-refractivity contribution in [3.05, 3.63) is 36.5 Å². The molecule has 0 fully saturated rings. The summed E-state index contributed by atoms with van der Waals surface area (Å²) in [7, 11) is 0. The van der Waals surface area contributed by atoms with Gasteiger partial charge in [0.05, 0.1) is 0 Å². The van der Waals surface area contributed by atoms with Crippen LogP contribution in [-0.2, 0) is 0 Å². The zero-order valence-electron chi connectivity index (χ0n) is 6.98. The highest BCUT2D eigenvalue weighted by molar-refractivity contribution is 5.13. The quantitative estimate of drug-likeness (QED) is 0.410. The molecule has 0 heteroatoms. The van der Waals surface area contributed by atoms with Crippen LogP contribution < -0.4 is 0 Å². The molecule has 0 aromatic rings. The lowest BCUT2D eigenvalue weighted by Crippen LogP contribution is -1.78. The van der Waals surface area contributed by atoms with Crippen LogP contribution in [0.2, 0.25) is 0 Å². The summed E-state index contributed by atoms with van der Waals surface area (Å²) in [6, 6.07) is 0. The molecule has 0 saturated carbocycles. The van der Waals surface area contributed by atoms with Gasteiger partial charge < -0.3 is 0 Å². The second kappa shape index (κ2) is 5.04. The van der Waals surface area contributed by atoms with E-state index in [0.29, 0.717) is 0 Å². The summed E-state index contributed by atoms with van der Waals surface area (Å²) in [6.45, 7) is 11.7. The monoisotopic (exact) mass is 136 g/mol. The Kier molecular flexibility index (Phi) is 4.65. The highest BCUT2D eigenvalue weighted by atomic mass is 13.9. The second-order valence-corrected chi connectivity index (χ2v) is 2.50. The van der Waals surface area contributed by atoms with E-state index in [9.17, 15) is 0 Å². The molecule has 0 aliphatic rings. The number of rotatable bonds is 4. The summed E-state index contributed by atoms with van der Waals surface area (Å²) in [5.41, 5.74) is 2.55. The molecule has 0 rings (SSSR count). The second-order valence-electron chi connectivity index (χ2n) is 2.50. The fourth-order valence-electron chi connectivity index (χ4n) is 0.604. The Morgan fingerprint density at radius 3 is 2.40 bits per heavy atom. The molecule has 0 aromatic carbocycles. The Labute approximate surface area is 64.0 Å². The van der Waals surface area contributed by atoms with Crippen molar-refractivity contribution in [3.63, 3.8) is 0 Å². The van der Waals surface area contributed by atoms with Crippen LogP contribution in [0.25, 0.3) is 0 Å². The lowest BCUT2D eigenvalue weighted by atomic mass is 10.1. The molecule has 0 amide bonds. The molecule has 0 N–H and O–H groups in total. The van der Waals surface area contributed by atoms with Crippen molar-refractivity contribution in [2.75, 3.05) is 0 Å². The van der Waals surface area contributed by atoms with Gasteiger partial charge in [0.15, 0.2) is 0 Å². The van der Waals surface area contributed by atoms with Gasteiger partial charge in [-0.15, -0.1) is 0 Å². The maximum Gasteiger partial charge on any atom is -0.0248 e. The van der Waals surface area contributed by atoms with E-state index < -0.39 is 0 Å². The summed E-state index contributed by atoms with van der Waals surface area (Å²) in [5.74, 6) is 0. The number of hydrogen-bond donors (Lipinski definition) is 0. The van der Waals surface area contributed by atoms with Crippen molar-refractivity contribution in [2.24, 2.45) is 0 Å². The number of hydrogen-bond acceptors (Lipinski definition) is 0. The fraction of sp³-hybridized carbons (Fsp3) is 0.400. The lowest BCUT2D eigenvalue weighted by Gasteiger charge is -1.98. The van der Waals surface area contributed by atoms with Crippen LogP contribution in [0.15, 0.2) is 36.5 Å². The van der Waals surface area contributed by atoms with Crippen LogP contribution in [-0.4, -0.2) is 0 Å². The molecule has 0 unspecified atom stereocenters. The number of allylic oxidation sites excluding steroid dienone is 4. The molecule has 0 aliphatic carbocycles. The van der Waals surface area contributed by atoms with Gasteiger partial charge in [0.25, 0.3) is 0 Å². The van der Waals surface area contributed by atoms with E-state index in [0.717, 1.165) is 18.4 Å². The maximum atomic E-state index is 3.83. The summed E-state index contributed by atoms with van der Waals surface area (Å²) in [5, 5.41) is 0. The van der Waals surface area contributed by atoms with Crippen LogP contribution in [0.1, 0.15) is 26.7 Å². The van der Waals surface area contributed by atoms with E-state index in [-0.39, 0.29) is 0 Å². The summed E-state index contributed by atoms with van der Waals surface area (Å²) in [4.78, 5) is 0. The highest BCUT2D eigenvalue weighted by Gasteiger charge is 1.89. The first kappa shape index (κ1) is 9.22. The molecular weight excluding hydrogens is 120 g/mol. The van der Waals surface area contributed by atoms with Crippen LogP contribution >= 0.6 is 0 Å². The topological polar surface area (TPSA) is 0 Å². The molecule has 0 spiro atoms. The molecule has 0 bridgehead atoms. The van der Waals surface area contributed by atoms with E-state index >= 15 is 0 Å². The minimum absolute atomic E-state index is 1.04. The molecule has 0 aliphatic heterocycles. The van der Waals surface area contributed by atoms with E-state index in [1.165, 1.54) is 5.57 Å². The molecule has 0 nitrogen and oxygen atoms in total. The van der Waals surface area contributed by atoms with Crippen LogP contribution in [0.3, 0.4) is 0 Å². The van der Waals surface area contributed by atoms with Crippen molar-refractivity contribution in [1.82, 2.24) is 0 Å². The highest BCUT2D eigenvalue weighted by Crippen LogP contribution is 2.09. The molecule has 0 heterocycles. The maximum absolute atomic E-state index is 3.83. The largest absolute Gasteiger partial charge is 0.0988 e. The van der Waals surface area contributed by atoms with Gasteiger partial charge in [-0.05, 0) is 26.7 Å². The van der Waals surface area contributed by atoms with Crippen molar-refractivity contribution >= 4 is 0 Å². The average molecular weight is 136 g/mol. The van der Waals surface area contributed by atoms with Crippen LogP contribution in [0.4, 0.5) is 0 Å². The zero-order valence-corrected chi connectivity index (χ0v) is 6.98. The smallest absolute Gasteiger partial charge is 0.0248 e. The minimum Gasteiger partial charge on any atom is -0.0988 e. The van der Waals surface area contributed by atoms with Crippen LogP contribution in [0, 0.1) is 0 Å². The molecule has 0 aromatic heterocycles. The van der Waals surface area contributed by atoms with Crippen molar-refractivity contribution in [2.45, 2.75) is 26.7 Å². The van der Waals surface area contributed by atoms with E-state index in [4.69, 9.17) is 0 Å². The standard InChI is InChI=1S/C10H16/c1-5-9(3)7-8-10(4)6-2/h5-6H,1,3,7-8H2,2,4H3. The van der Waals surface area contributed by atoms with Crippen LogP contribution in [0.5, 0.6) is 0 Å². The van der Waals surface area contributed by atoms with E-state index in [1.54, 1.807) is 0 Å². The Morgan fingerprint density at radius 2 is 2.00 bits per heavy atom. The van der Waals surface area contributed by atoms with Gasteiger partial charge in [0.2, 0.25) is 0 Å². The van der Waals surface area contributed by atoms with Gasteiger partial charge in [-0.1, -0.05) is 36.5 Å². The summed E-state index contributed by atoms with van der Waals surface area (Å²) in [6.07, 6.45) is 6.11. The predicted molar refractivity (Wildman–Crippen MR) is 48.0 cm³/mol. The zero-order chi connectivity index (χ0) is 7.98. The molecule has 0 saturated heterocycles. The van der Waals surface area contributed by atoms with Gasteiger partial charge >= 0.3 is 0 Å². The first-order valence-electron chi connectivity index (χ1n) is 3.62. The Bertz CT molecular complexity index is 147. The van der Waals surface area contributed by atoms with E-state index in [2.05, 4.69) is 33.1 Å². The first-order valence-corrected chi connectivity index (χ1v) is 3.62. The molecular formula is C10H16. The van der Waals surface area contributed by atoms with Crippen molar-refractivity contribution in [3.8, 4) is 0 Å². The normalized spacial score (nSPS) is 11.2. The SMILES string of the molecule is C=CC(=C)CCC(C)=CC. The van der Waals surface area contributed by atoms with Crippen molar-refractivity contribution < 1.29 is 0 Å². The summed E-state index contributed by atoms with van der Waals surface area (Å²) < 4.78 is 0. The molecule has 56 valence electrons. The third-order valence-corrected chi connectivity index (χ3v) is 1.62. The van der Waals surface area contributed by atoms with Gasteiger partial charge in [-0.2, -0.15) is 0 Å². The van der Waals surface area contributed by atoms with Gasteiger partial charge in [-0.3, -0.25) is 0 Å². The summed E-state index contributed by atoms with van der Waals surface area (Å²) >= 11 is 0. The first-order chi connectivity index (χ1) is 4.70. The van der Waals surface area contributed by atoms with Gasteiger partial charge in [0, 0.05) is 0 Å².